The lowest BCUT2D eigenvalue weighted by Crippen LogP contribution is -2.27. The summed E-state index contributed by atoms with van der Waals surface area (Å²) in [6, 6.07) is 15.4. The zero-order valence-corrected chi connectivity index (χ0v) is 17.9. The van der Waals surface area contributed by atoms with Crippen molar-refractivity contribution in [2.24, 2.45) is 0 Å². The molecule has 1 N–H and O–H groups in total. The molecule has 2 aromatic heterocycles. The molecule has 0 saturated heterocycles. The first-order chi connectivity index (χ1) is 14.4. The molecule has 0 aliphatic carbocycles. The van der Waals surface area contributed by atoms with E-state index in [2.05, 4.69) is 9.97 Å². The molecule has 8 heteroatoms. The monoisotopic (exact) mass is 439 g/mol. The number of rotatable bonds is 5. The molecule has 1 amide bonds. The standard InChI is InChI=1S/C22H18FN3O2S2/c1-26(2)21(28)18(14-6-4-3-5-7-14)30-22-24-19(27)17-16(12-29-20(17)25-22)13-8-10-15(23)11-9-13/h3-12,18H,1-2H3,(H,24,25,27). The van der Waals surface area contributed by atoms with E-state index in [1.165, 1.54) is 40.1 Å². The predicted octanol–water partition coefficient (Wildman–Crippen LogP) is 4.71. The van der Waals surface area contributed by atoms with Gasteiger partial charge >= 0.3 is 0 Å². The van der Waals surface area contributed by atoms with Gasteiger partial charge in [-0.2, -0.15) is 0 Å². The molecule has 0 radical (unpaired) electrons. The molecule has 0 fully saturated rings. The van der Waals surface area contributed by atoms with Crippen LogP contribution in [0.15, 0.2) is 69.9 Å². The normalized spacial score (nSPS) is 12.1. The second-order valence-electron chi connectivity index (χ2n) is 6.85. The molecule has 4 rings (SSSR count). The van der Waals surface area contributed by atoms with Crippen molar-refractivity contribution in [3.8, 4) is 11.1 Å². The van der Waals surface area contributed by atoms with Crippen LogP contribution in [0.3, 0.4) is 0 Å². The highest BCUT2D eigenvalue weighted by Crippen LogP contribution is 2.36. The largest absolute Gasteiger partial charge is 0.348 e. The number of carbonyl (C=O) groups is 1. The highest BCUT2D eigenvalue weighted by atomic mass is 32.2. The van der Waals surface area contributed by atoms with Crippen LogP contribution in [0.25, 0.3) is 21.3 Å². The average molecular weight is 440 g/mol. The summed E-state index contributed by atoms with van der Waals surface area (Å²) >= 11 is 2.56. The summed E-state index contributed by atoms with van der Waals surface area (Å²) in [5.74, 6) is -0.423. The van der Waals surface area contributed by atoms with Gasteiger partial charge in [-0.05, 0) is 23.3 Å². The molecule has 2 heterocycles. The van der Waals surface area contributed by atoms with Gasteiger partial charge in [0.1, 0.15) is 15.9 Å². The number of nitrogens with one attached hydrogen (secondary N) is 1. The van der Waals surface area contributed by atoms with Gasteiger partial charge in [0.05, 0.1) is 5.39 Å². The molecular formula is C22H18FN3O2S2. The average Bonchev–Trinajstić information content (AvgIpc) is 3.17. The lowest BCUT2D eigenvalue weighted by molar-refractivity contribution is -0.128. The van der Waals surface area contributed by atoms with E-state index in [0.717, 1.165) is 11.1 Å². The molecule has 0 saturated carbocycles. The minimum atomic E-state index is -0.529. The molecule has 152 valence electrons. The third-order valence-electron chi connectivity index (χ3n) is 4.57. The highest BCUT2D eigenvalue weighted by molar-refractivity contribution is 8.00. The van der Waals surface area contributed by atoms with Crippen LogP contribution in [-0.4, -0.2) is 34.9 Å². The van der Waals surface area contributed by atoms with Crippen molar-refractivity contribution in [1.82, 2.24) is 14.9 Å². The Morgan fingerprint density at radius 3 is 2.50 bits per heavy atom. The maximum absolute atomic E-state index is 13.2. The summed E-state index contributed by atoms with van der Waals surface area (Å²) in [5, 5.41) is 2.15. The van der Waals surface area contributed by atoms with Gasteiger partial charge < -0.3 is 9.88 Å². The zero-order valence-electron chi connectivity index (χ0n) is 16.3. The third-order valence-corrected chi connectivity index (χ3v) is 6.57. The van der Waals surface area contributed by atoms with Gasteiger partial charge in [-0.15, -0.1) is 11.3 Å². The Balaban J connectivity index is 1.73. The maximum Gasteiger partial charge on any atom is 0.260 e. The Kier molecular flexibility index (Phi) is 5.69. The van der Waals surface area contributed by atoms with Crippen molar-refractivity contribution in [3.63, 3.8) is 0 Å². The molecule has 1 atom stereocenters. The first-order valence-corrected chi connectivity index (χ1v) is 10.9. The first kappa shape index (κ1) is 20.3. The lowest BCUT2D eigenvalue weighted by atomic mass is 10.1. The lowest BCUT2D eigenvalue weighted by Gasteiger charge is -2.20. The second kappa shape index (κ2) is 8.41. The molecule has 0 aliphatic rings. The molecule has 2 aromatic carbocycles. The van der Waals surface area contributed by atoms with Crippen molar-refractivity contribution < 1.29 is 9.18 Å². The van der Waals surface area contributed by atoms with E-state index in [1.807, 2.05) is 35.7 Å². The van der Waals surface area contributed by atoms with Crippen LogP contribution in [0.1, 0.15) is 10.8 Å². The smallest absolute Gasteiger partial charge is 0.260 e. The number of aromatic nitrogens is 2. The van der Waals surface area contributed by atoms with Gasteiger partial charge in [0.15, 0.2) is 5.16 Å². The number of hydrogen-bond acceptors (Lipinski definition) is 5. The fourth-order valence-corrected chi connectivity index (χ4v) is 5.19. The van der Waals surface area contributed by atoms with Crippen molar-refractivity contribution in [2.75, 3.05) is 14.1 Å². The van der Waals surface area contributed by atoms with Crippen LogP contribution >= 0.6 is 23.1 Å². The zero-order chi connectivity index (χ0) is 21.3. The number of halogens is 1. The Labute approximate surface area is 180 Å². The topological polar surface area (TPSA) is 66.1 Å². The fourth-order valence-electron chi connectivity index (χ4n) is 3.06. The Bertz CT molecular complexity index is 1250. The van der Waals surface area contributed by atoms with Gasteiger partial charge in [-0.1, -0.05) is 54.2 Å². The molecular weight excluding hydrogens is 421 g/mol. The Morgan fingerprint density at radius 2 is 1.83 bits per heavy atom. The van der Waals surface area contributed by atoms with Gasteiger partial charge in [0, 0.05) is 25.0 Å². The fraction of sp³-hybridized carbons (Fsp3) is 0.136. The van der Waals surface area contributed by atoms with E-state index in [9.17, 15) is 14.0 Å². The number of nitrogens with zero attached hydrogens (tertiary/aromatic N) is 2. The minimum Gasteiger partial charge on any atom is -0.348 e. The molecule has 0 spiro atoms. The van der Waals surface area contributed by atoms with Crippen molar-refractivity contribution in [3.05, 3.63) is 81.7 Å². The van der Waals surface area contributed by atoms with Crippen molar-refractivity contribution in [1.29, 1.82) is 0 Å². The van der Waals surface area contributed by atoms with Gasteiger partial charge in [-0.3, -0.25) is 9.59 Å². The summed E-state index contributed by atoms with van der Waals surface area (Å²) in [6.07, 6.45) is 0. The molecule has 1 unspecified atom stereocenters. The predicted molar refractivity (Wildman–Crippen MR) is 119 cm³/mol. The van der Waals surface area contributed by atoms with Gasteiger partial charge in [0.2, 0.25) is 5.91 Å². The molecule has 5 nitrogen and oxygen atoms in total. The Hall–Kier alpha value is -2.97. The van der Waals surface area contributed by atoms with Crippen molar-refractivity contribution in [2.45, 2.75) is 10.4 Å². The molecule has 0 bridgehead atoms. The van der Waals surface area contributed by atoms with Crippen LogP contribution in [0.2, 0.25) is 0 Å². The third kappa shape index (κ3) is 4.01. The molecule has 30 heavy (non-hydrogen) atoms. The minimum absolute atomic E-state index is 0.0906. The highest BCUT2D eigenvalue weighted by Gasteiger charge is 2.25. The van der Waals surface area contributed by atoms with Crippen molar-refractivity contribution >= 4 is 39.2 Å². The van der Waals surface area contributed by atoms with E-state index in [4.69, 9.17) is 0 Å². The number of carbonyl (C=O) groups excluding carboxylic acids is 1. The van der Waals surface area contributed by atoms with Crippen LogP contribution in [0, 0.1) is 5.82 Å². The first-order valence-electron chi connectivity index (χ1n) is 9.14. The number of hydrogen-bond donors (Lipinski definition) is 1. The Morgan fingerprint density at radius 1 is 1.13 bits per heavy atom. The summed E-state index contributed by atoms with van der Waals surface area (Å²) in [5.41, 5.74) is 2.01. The number of thioether (sulfide) groups is 1. The second-order valence-corrected chi connectivity index (χ2v) is 8.80. The van der Waals surface area contributed by atoms with Gasteiger partial charge in [0.25, 0.3) is 5.56 Å². The van der Waals surface area contributed by atoms with Crippen LogP contribution in [-0.2, 0) is 4.79 Å². The van der Waals surface area contributed by atoms with E-state index in [-0.39, 0.29) is 17.3 Å². The van der Waals surface area contributed by atoms with Crippen LogP contribution in [0.4, 0.5) is 4.39 Å². The summed E-state index contributed by atoms with van der Waals surface area (Å²) in [6.45, 7) is 0. The van der Waals surface area contributed by atoms with E-state index in [0.29, 0.717) is 20.9 Å². The van der Waals surface area contributed by atoms with E-state index in [1.54, 1.807) is 26.2 Å². The number of benzene rings is 2. The number of likely N-dealkylation sites (N-methyl/N-ethyl adjacent to an activating group) is 1. The molecule has 0 aliphatic heterocycles. The summed E-state index contributed by atoms with van der Waals surface area (Å²) in [4.78, 5) is 35.1. The number of H-pyrrole nitrogens is 1. The number of amides is 1. The SMILES string of the molecule is CN(C)C(=O)C(Sc1nc2scc(-c3ccc(F)cc3)c2c(=O)[nH]1)c1ccccc1. The van der Waals surface area contributed by atoms with Crippen LogP contribution < -0.4 is 5.56 Å². The maximum atomic E-state index is 13.2. The molecule has 4 aromatic rings. The summed E-state index contributed by atoms with van der Waals surface area (Å²) in [7, 11) is 3.40. The van der Waals surface area contributed by atoms with Crippen LogP contribution in [0.5, 0.6) is 0 Å². The number of fused-ring (bicyclic) bond motifs is 1. The number of thiophene rings is 1. The van der Waals surface area contributed by atoms with E-state index < -0.39 is 5.25 Å². The quantitative estimate of drug-likeness (QED) is 0.361. The van der Waals surface area contributed by atoms with Gasteiger partial charge in [-0.25, -0.2) is 9.37 Å². The summed E-state index contributed by atoms with van der Waals surface area (Å²) < 4.78 is 13.2. The number of aromatic amines is 1. The van der Waals surface area contributed by atoms with E-state index >= 15 is 0 Å².